The molecule has 1 aliphatic carbocycles. The van der Waals surface area contributed by atoms with Crippen molar-refractivity contribution in [3.8, 4) is 51.7 Å². The Labute approximate surface area is 365 Å². The van der Waals surface area contributed by atoms with Gasteiger partial charge in [-0.2, -0.15) is 0 Å². The van der Waals surface area contributed by atoms with Gasteiger partial charge in [-0.25, -0.2) is 0 Å². The van der Waals surface area contributed by atoms with E-state index in [0.29, 0.717) is 54.3 Å². The molecular weight excluding hydrogens is 785 g/mol. The second-order valence-electron chi connectivity index (χ2n) is 15.6. The zero-order valence-electron chi connectivity index (χ0n) is 36.2. The SMILES string of the molecule is CCCCCCCOc1ccc(Oc2cc(N)c3c(c2O)C(=O)c2c(Nc4ccc(OCCCCC)cc4)cc(Oc4ccc(OCCCCCCC)cc4)c(O)c2C3=O)cc1. The molecule has 5 aromatic carbocycles. The summed E-state index contributed by atoms with van der Waals surface area (Å²) in [6, 6.07) is 23.8. The maximum absolute atomic E-state index is 14.6. The average molecular weight is 845 g/mol. The largest absolute Gasteiger partial charge is 0.504 e. The van der Waals surface area contributed by atoms with Gasteiger partial charge in [-0.1, -0.05) is 85.0 Å². The molecule has 0 amide bonds. The van der Waals surface area contributed by atoms with E-state index in [0.717, 1.165) is 44.9 Å². The summed E-state index contributed by atoms with van der Waals surface area (Å²) in [5.41, 5.74) is 6.00. The molecule has 328 valence electrons. The number of anilines is 3. The Hall–Kier alpha value is -6.36. The van der Waals surface area contributed by atoms with E-state index in [1.807, 2.05) is 0 Å². The van der Waals surface area contributed by atoms with Gasteiger partial charge in [-0.3, -0.25) is 9.59 Å². The Morgan fingerprint density at radius 2 is 0.839 bits per heavy atom. The molecule has 0 fully saturated rings. The van der Waals surface area contributed by atoms with Crippen LogP contribution in [0.25, 0.3) is 0 Å². The number of hydrogen-bond acceptors (Lipinski definition) is 11. The summed E-state index contributed by atoms with van der Waals surface area (Å²) in [5.74, 6) is -0.0913. The standard InChI is InChI=1S/C51H60N2O9/c1-4-7-10-12-15-30-59-36-21-25-38(26-22-36)61-42-32-40(52)44-46(48(42)54)51(57)45-41(53-34-17-19-35(20-18-34)58-29-14-9-6-3)33-43(49(55)47(45)50(44)56)62-39-27-23-37(24-28-39)60-31-16-13-11-8-5-2/h17-28,32-33,53-55H,4-16,29-31,52H2,1-3H3. The fourth-order valence-electron chi connectivity index (χ4n) is 7.33. The van der Waals surface area contributed by atoms with Gasteiger partial charge in [0.15, 0.2) is 23.0 Å². The molecule has 0 radical (unpaired) electrons. The topological polar surface area (TPSA) is 159 Å². The van der Waals surface area contributed by atoms with Crippen LogP contribution in [0.2, 0.25) is 0 Å². The third-order valence-corrected chi connectivity index (χ3v) is 10.8. The van der Waals surface area contributed by atoms with Crippen LogP contribution < -0.4 is 34.7 Å². The minimum atomic E-state index is -0.769. The summed E-state index contributed by atoms with van der Waals surface area (Å²) in [6.45, 7) is 8.29. The van der Waals surface area contributed by atoms with Crippen molar-refractivity contribution in [1.29, 1.82) is 0 Å². The fourth-order valence-corrected chi connectivity index (χ4v) is 7.33. The van der Waals surface area contributed by atoms with Crippen molar-refractivity contribution in [2.75, 3.05) is 30.9 Å². The van der Waals surface area contributed by atoms with Gasteiger partial charge in [-0.05, 0) is 92.1 Å². The predicted molar refractivity (Wildman–Crippen MR) is 244 cm³/mol. The molecule has 5 N–H and O–H groups in total. The van der Waals surface area contributed by atoms with Crippen LogP contribution >= 0.6 is 0 Å². The van der Waals surface area contributed by atoms with Crippen molar-refractivity contribution in [1.82, 2.24) is 0 Å². The summed E-state index contributed by atoms with van der Waals surface area (Å²) in [4.78, 5) is 29.1. The highest BCUT2D eigenvalue weighted by Crippen LogP contribution is 2.50. The van der Waals surface area contributed by atoms with Crippen molar-refractivity contribution in [3.63, 3.8) is 0 Å². The summed E-state index contributed by atoms with van der Waals surface area (Å²) >= 11 is 0. The minimum Gasteiger partial charge on any atom is -0.504 e. The predicted octanol–water partition coefficient (Wildman–Crippen LogP) is 13.1. The van der Waals surface area contributed by atoms with Gasteiger partial charge in [-0.15, -0.1) is 0 Å². The molecule has 5 aromatic rings. The maximum Gasteiger partial charge on any atom is 0.200 e. The molecule has 62 heavy (non-hydrogen) atoms. The first-order chi connectivity index (χ1) is 30.2. The Kier molecular flexibility index (Phi) is 16.4. The molecule has 11 heteroatoms. The first-order valence-corrected chi connectivity index (χ1v) is 22.2. The third kappa shape index (κ3) is 11.5. The van der Waals surface area contributed by atoms with Gasteiger partial charge in [0.1, 0.15) is 28.7 Å². The monoisotopic (exact) mass is 844 g/mol. The lowest BCUT2D eigenvalue weighted by atomic mass is 9.81. The number of nitrogen functional groups attached to an aromatic ring is 1. The lowest BCUT2D eigenvalue weighted by molar-refractivity contribution is 0.0974. The number of fused-ring (bicyclic) bond motifs is 2. The lowest BCUT2D eigenvalue weighted by Gasteiger charge is -2.25. The summed E-state index contributed by atoms with van der Waals surface area (Å²) in [5, 5.41) is 26.6. The van der Waals surface area contributed by atoms with Crippen LogP contribution in [-0.2, 0) is 0 Å². The van der Waals surface area contributed by atoms with Crippen LogP contribution in [0.4, 0.5) is 17.1 Å². The summed E-state index contributed by atoms with van der Waals surface area (Å²) in [6.07, 6.45) is 14.4. The second-order valence-corrected chi connectivity index (χ2v) is 15.6. The summed E-state index contributed by atoms with van der Waals surface area (Å²) in [7, 11) is 0. The van der Waals surface area contributed by atoms with Crippen LogP contribution in [0.15, 0.2) is 84.9 Å². The van der Waals surface area contributed by atoms with Crippen molar-refractivity contribution in [2.24, 2.45) is 0 Å². The molecule has 0 saturated carbocycles. The minimum absolute atomic E-state index is 0.0806. The van der Waals surface area contributed by atoms with E-state index in [1.165, 1.54) is 50.7 Å². The Morgan fingerprint density at radius 3 is 1.32 bits per heavy atom. The zero-order valence-corrected chi connectivity index (χ0v) is 36.2. The van der Waals surface area contributed by atoms with Gasteiger partial charge in [0.2, 0.25) is 11.6 Å². The van der Waals surface area contributed by atoms with Gasteiger partial charge < -0.3 is 44.9 Å². The van der Waals surface area contributed by atoms with E-state index in [1.54, 1.807) is 72.8 Å². The quantitative estimate of drug-likeness (QED) is 0.0247. The number of carbonyl (C=O) groups excluding carboxylic acids is 2. The summed E-state index contributed by atoms with van der Waals surface area (Å²) < 4.78 is 29.9. The van der Waals surface area contributed by atoms with Crippen molar-refractivity contribution in [3.05, 3.63) is 107 Å². The molecule has 0 spiro atoms. The molecule has 0 heterocycles. The van der Waals surface area contributed by atoms with E-state index in [4.69, 9.17) is 29.4 Å². The van der Waals surface area contributed by atoms with E-state index in [-0.39, 0.29) is 45.1 Å². The number of aromatic hydroxyl groups is 2. The number of rotatable bonds is 25. The number of carbonyl (C=O) groups is 2. The number of nitrogens with one attached hydrogen (secondary N) is 1. The van der Waals surface area contributed by atoms with E-state index < -0.39 is 23.1 Å². The number of phenols is 2. The first-order valence-electron chi connectivity index (χ1n) is 22.2. The Morgan fingerprint density at radius 1 is 0.468 bits per heavy atom. The molecule has 0 saturated heterocycles. The number of unbranched alkanes of at least 4 members (excludes halogenated alkanes) is 10. The molecule has 0 aliphatic heterocycles. The van der Waals surface area contributed by atoms with Crippen molar-refractivity contribution >= 4 is 28.6 Å². The Balaban J connectivity index is 1.28. The van der Waals surface area contributed by atoms with Crippen LogP contribution in [0.1, 0.15) is 136 Å². The normalized spacial score (nSPS) is 11.8. The van der Waals surface area contributed by atoms with Gasteiger partial charge in [0.25, 0.3) is 0 Å². The van der Waals surface area contributed by atoms with E-state index in [2.05, 4.69) is 26.1 Å². The first kappa shape index (κ1) is 45.2. The zero-order chi connectivity index (χ0) is 43.8. The van der Waals surface area contributed by atoms with Crippen LogP contribution in [-0.4, -0.2) is 41.6 Å². The number of benzene rings is 5. The molecule has 6 rings (SSSR count). The van der Waals surface area contributed by atoms with E-state index >= 15 is 0 Å². The number of nitrogens with two attached hydrogens (primary N) is 1. The molecular formula is C51H60N2O9. The number of ether oxygens (including phenoxy) is 5. The molecule has 0 atom stereocenters. The highest BCUT2D eigenvalue weighted by molar-refractivity contribution is 6.34. The number of ketones is 2. The van der Waals surface area contributed by atoms with Gasteiger partial charge in [0.05, 0.1) is 47.8 Å². The molecule has 0 aromatic heterocycles. The number of hydrogen-bond donors (Lipinski definition) is 4. The van der Waals surface area contributed by atoms with Crippen LogP contribution in [0.5, 0.6) is 51.7 Å². The average Bonchev–Trinajstić information content (AvgIpc) is 3.27. The van der Waals surface area contributed by atoms with Gasteiger partial charge in [0, 0.05) is 23.5 Å². The molecule has 0 unspecified atom stereocenters. The molecule has 11 nitrogen and oxygen atoms in total. The van der Waals surface area contributed by atoms with Gasteiger partial charge >= 0.3 is 0 Å². The lowest BCUT2D eigenvalue weighted by Crippen LogP contribution is -2.24. The van der Waals surface area contributed by atoms with E-state index in [9.17, 15) is 19.8 Å². The van der Waals surface area contributed by atoms with Crippen molar-refractivity contribution < 1.29 is 43.5 Å². The smallest absolute Gasteiger partial charge is 0.200 e. The third-order valence-electron chi connectivity index (χ3n) is 10.8. The maximum atomic E-state index is 14.6. The second kappa shape index (κ2) is 22.5. The Bertz CT molecular complexity index is 2250. The fraction of sp³-hybridized carbons (Fsp3) is 0.373. The van der Waals surface area contributed by atoms with Crippen LogP contribution in [0.3, 0.4) is 0 Å². The highest BCUT2D eigenvalue weighted by atomic mass is 16.5. The van der Waals surface area contributed by atoms with Crippen LogP contribution in [0, 0.1) is 0 Å². The highest BCUT2D eigenvalue weighted by Gasteiger charge is 2.40. The van der Waals surface area contributed by atoms with Crippen molar-refractivity contribution in [2.45, 2.75) is 104 Å². The number of phenolic OH excluding ortho intramolecular Hbond substituents is 2. The molecule has 0 bridgehead atoms. The molecule has 1 aliphatic rings.